The molecule has 0 unspecified atom stereocenters. The molecular weight excluding hydrogens is 419 g/mol. The summed E-state index contributed by atoms with van der Waals surface area (Å²) in [4.78, 5) is 16.4. The summed E-state index contributed by atoms with van der Waals surface area (Å²) >= 11 is 0. The number of nitrogens with zero attached hydrogens (tertiary/aromatic N) is 1. The van der Waals surface area contributed by atoms with E-state index < -0.39 is 12.1 Å². The van der Waals surface area contributed by atoms with E-state index in [0.29, 0.717) is 11.5 Å². The van der Waals surface area contributed by atoms with Crippen LogP contribution in [0.4, 0.5) is 13.2 Å². The van der Waals surface area contributed by atoms with Gasteiger partial charge in [-0.25, -0.2) is 9.78 Å². The van der Waals surface area contributed by atoms with Crippen LogP contribution in [0, 0.1) is 5.41 Å². The molecule has 172 valence electrons. The number of aromatic amines is 1. The first kappa shape index (κ1) is 23.8. The summed E-state index contributed by atoms with van der Waals surface area (Å²) in [5, 5.41) is 10.9. The average Bonchev–Trinajstić information content (AvgIpc) is 3.21. The quantitative estimate of drug-likeness (QED) is 0.464. The van der Waals surface area contributed by atoms with Crippen molar-refractivity contribution >= 4 is 17.0 Å². The second-order valence-corrected chi connectivity index (χ2v) is 8.95. The number of rotatable bonds is 4. The molecule has 1 heterocycles. The predicted octanol–water partition coefficient (Wildman–Crippen LogP) is 5.92. The molecule has 1 saturated carbocycles. The number of aliphatic carboxylic acids is 1. The number of benzene rings is 2. The summed E-state index contributed by atoms with van der Waals surface area (Å²) < 4.78 is 31.7. The molecule has 3 aromatic rings. The number of hydrogen-bond donors (Lipinski definition) is 3. The van der Waals surface area contributed by atoms with Crippen LogP contribution >= 0.6 is 0 Å². The molecule has 0 amide bonds. The van der Waals surface area contributed by atoms with Crippen molar-refractivity contribution in [1.82, 2.24) is 15.3 Å². The zero-order valence-electron chi connectivity index (χ0n) is 18.2. The molecule has 3 N–H and O–H groups in total. The van der Waals surface area contributed by atoms with E-state index in [0.717, 1.165) is 17.6 Å². The zero-order valence-corrected chi connectivity index (χ0v) is 18.2. The monoisotopic (exact) mass is 447 g/mol. The maximum Gasteiger partial charge on any atom is 0.490 e. The van der Waals surface area contributed by atoms with E-state index in [1.807, 2.05) is 0 Å². The molecule has 1 fully saturated rings. The number of imidazole rings is 1. The number of carbonyl (C=O) groups is 1. The Morgan fingerprint density at radius 3 is 2.31 bits per heavy atom. The number of carboxylic acids is 1. The summed E-state index contributed by atoms with van der Waals surface area (Å²) in [5.41, 5.74) is 6.47. The van der Waals surface area contributed by atoms with Crippen LogP contribution in [-0.2, 0) is 11.3 Å². The summed E-state index contributed by atoms with van der Waals surface area (Å²) in [6.45, 7) is 5.75. The van der Waals surface area contributed by atoms with Crippen LogP contribution in [0.15, 0.2) is 48.8 Å². The predicted molar refractivity (Wildman–Crippen MR) is 118 cm³/mol. The largest absolute Gasteiger partial charge is 0.490 e. The van der Waals surface area contributed by atoms with E-state index in [4.69, 9.17) is 9.90 Å². The fourth-order valence-electron chi connectivity index (χ4n) is 3.80. The number of hydrogen-bond acceptors (Lipinski definition) is 3. The minimum absolute atomic E-state index is 0.537. The molecule has 32 heavy (non-hydrogen) atoms. The molecule has 4 rings (SSSR count). The lowest BCUT2D eigenvalue weighted by molar-refractivity contribution is -0.192. The van der Waals surface area contributed by atoms with E-state index in [-0.39, 0.29) is 0 Å². The van der Waals surface area contributed by atoms with E-state index in [2.05, 4.69) is 71.6 Å². The van der Waals surface area contributed by atoms with Crippen molar-refractivity contribution in [1.29, 1.82) is 0 Å². The Labute approximate surface area is 185 Å². The number of fused-ring (bicyclic) bond motifs is 1. The van der Waals surface area contributed by atoms with Crippen LogP contribution in [0.5, 0.6) is 0 Å². The van der Waals surface area contributed by atoms with Crippen molar-refractivity contribution in [3.63, 3.8) is 0 Å². The van der Waals surface area contributed by atoms with Crippen molar-refractivity contribution in [3.05, 3.63) is 54.4 Å². The third-order valence-corrected chi connectivity index (χ3v) is 5.88. The van der Waals surface area contributed by atoms with Gasteiger partial charge in [0.05, 0.1) is 17.4 Å². The first-order chi connectivity index (χ1) is 15.0. The normalized spacial score (nSPS) is 16.4. The van der Waals surface area contributed by atoms with E-state index in [9.17, 15) is 13.2 Å². The van der Waals surface area contributed by atoms with E-state index >= 15 is 0 Å². The number of alkyl halides is 3. The molecule has 2 aromatic carbocycles. The Hall–Kier alpha value is -2.87. The smallest absolute Gasteiger partial charge is 0.475 e. The van der Waals surface area contributed by atoms with Crippen molar-refractivity contribution < 1.29 is 23.1 Å². The SMILES string of the molecule is CC1(C)CCC(NCc2ccc(-c3ccc4nc[nH]c4c3)cc2)CC1.O=C(O)C(F)(F)F. The lowest BCUT2D eigenvalue weighted by Gasteiger charge is -2.34. The minimum Gasteiger partial charge on any atom is -0.475 e. The van der Waals surface area contributed by atoms with Gasteiger partial charge >= 0.3 is 12.1 Å². The molecule has 1 aromatic heterocycles. The summed E-state index contributed by atoms with van der Waals surface area (Å²) in [6, 6.07) is 16.0. The number of H-pyrrole nitrogens is 1. The summed E-state index contributed by atoms with van der Waals surface area (Å²) in [5.74, 6) is -2.76. The van der Waals surface area contributed by atoms with Gasteiger partial charge in [0.15, 0.2) is 0 Å². The van der Waals surface area contributed by atoms with Crippen molar-refractivity contribution in [2.24, 2.45) is 5.41 Å². The second-order valence-electron chi connectivity index (χ2n) is 8.95. The molecule has 0 atom stereocenters. The zero-order chi connectivity index (χ0) is 23.4. The standard InChI is InChI=1S/C22H27N3.C2HF3O2/c1-22(2)11-9-19(10-12-22)23-14-16-3-5-17(6-4-16)18-7-8-20-21(13-18)25-15-24-20;3-2(4,5)1(6)7/h3-8,13,15,19,23H,9-12,14H2,1-2H3,(H,24,25);(H,6,7). The van der Waals surface area contributed by atoms with E-state index in [1.165, 1.54) is 42.4 Å². The van der Waals surface area contributed by atoms with Gasteiger partial charge < -0.3 is 15.4 Å². The number of nitrogens with one attached hydrogen (secondary N) is 2. The maximum absolute atomic E-state index is 10.6. The summed E-state index contributed by atoms with van der Waals surface area (Å²) in [7, 11) is 0. The molecule has 0 bridgehead atoms. The highest BCUT2D eigenvalue weighted by Crippen LogP contribution is 2.35. The number of aromatic nitrogens is 2. The second kappa shape index (κ2) is 9.73. The first-order valence-corrected chi connectivity index (χ1v) is 10.6. The van der Waals surface area contributed by atoms with Crippen LogP contribution in [0.3, 0.4) is 0 Å². The number of halogens is 3. The Morgan fingerprint density at radius 1 is 1.12 bits per heavy atom. The fourth-order valence-corrected chi connectivity index (χ4v) is 3.80. The third kappa shape index (κ3) is 6.56. The molecule has 8 heteroatoms. The lowest BCUT2D eigenvalue weighted by Crippen LogP contribution is -2.35. The molecular formula is C24H28F3N3O2. The fraction of sp³-hybridized carbons (Fsp3) is 0.417. The Morgan fingerprint density at radius 2 is 1.72 bits per heavy atom. The molecule has 1 aliphatic rings. The van der Waals surface area contributed by atoms with E-state index in [1.54, 1.807) is 6.33 Å². The van der Waals surface area contributed by atoms with Gasteiger partial charge in [0.1, 0.15) is 0 Å². The molecule has 1 aliphatic carbocycles. The molecule has 5 nitrogen and oxygen atoms in total. The molecule has 0 saturated heterocycles. The van der Waals surface area contributed by atoms with Gasteiger partial charge in [0.2, 0.25) is 0 Å². The topological polar surface area (TPSA) is 78.0 Å². The van der Waals surface area contributed by atoms with Gasteiger partial charge in [-0.3, -0.25) is 0 Å². The van der Waals surface area contributed by atoms with Gasteiger partial charge in [-0.2, -0.15) is 13.2 Å². The van der Waals surface area contributed by atoms with Crippen molar-refractivity contribution in [2.45, 2.75) is 58.3 Å². The van der Waals surface area contributed by atoms with Crippen LogP contribution in [0.1, 0.15) is 45.1 Å². The molecule has 0 spiro atoms. The van der Waals surface area contributed by atoms with Gasteiger partial charge in [-0.05, 0) is 59.9 Å². The molecule has 0 radical (unpaired) electrons. The number of carboxylic acid groups (broad SMARTS) is 1. The Kier molecular flexibility index (Phi) is 7.23. The van der Waals surface area contributed by atoms with Gasteiger partial charge in [-0.15, -0.1) is 0 Å². The van der Waals surface area contributed by atoms with Gasteiger partial charge in [0, 0.05) is 12.6 Å². The Bertz CT molecular complexity index is 1030. The van der Waals surface area contributed by atoms with Crippen molar-refractivity contribution in [3.8, 4) is 11.1 Å². The first-order valence-electron chi connectivity index (χ1n) is 10.6. The average molecular weight is 448 g/mol. The summed E-state index contributed by atoms with van der Waals surface area (Å²) in [6.07, 6.45) is 1.93. The van der Waals surface area contributed by atoms with Crippen LogP contribution in [-0.4, -0.2) is 33.3 Å². The highest BCUT2D eigenvalue weighted by atomic mass is 19.4. The minimum atomic E-state index is -5.08. The lowest BCUT2D eigenvalue weighted by atomic mass is 9.75. The van der Waals surface area contributed by atoms with Crippen LogP contribution < -0.4 is 5.32 Å². The van der Waals surface area contributed by atoms with Crippen LogP contribution in [0.25, 0.3) is 22.2 Å². The highest BCUT2D eigenvalue weighted by Gasteiger charge is 2.38. The Balaban J connectivity index is 0.000000360. The van der Waals surface area contributed by atoms with Gasteiger partial charge in [-0.1, -0.05) is 44.2 Å². The molecule has 0 aliphatic heterocycles. The van der Waals surface area contributed by atoms with Gasteiger partial charge in [0.25, 0.3) is 0 Å². The highest BCUT2D eigenvalue weighted by molar-refractivity contribution is 5.81. The third-order valence-electron chi connectivity index (χ3n) is 5.88. The van der Waals surface area contributed by atoms with Crippen molar-refractivity contribution in [2.75, 3.05) is 0 Å². The van der Waals surface area contributed by atoms with Crippen LogP contribution in [0.2, 0.25) is 0 Å². The maximum atomic E-state index is 10.6.